The minimum Gasteiger partial charge on any atom is -0.455 e. The summed E-state index contributed by atoms with van der Waals surface area (Å²) in [5.74, 6) is -3.66. The third-order valence-corrected chi connectivity index (χ3v) is 10.9. The molecule has 48 heavy (non-hydrogen) atoms. The Morgan fingerprint density at radius 3 is 2.50 bits per heavy atom. The molecule has 0 aliphatic carbocycles. The van der Waals surface area contributed by atoms with Gasteiger partial charge in [0.05, 0.1) is 36.6 Å². The first kappa shape index (κ1) is 37.8. The minimum atomic E-state index is -1.30. The van der Waals surface area contributed by atoms with Crippen LogP contribution in [0.15, 0.2) is 55.6 Å². The smallest absolute Gasteiger partial charge is 0.313 e. The Kier molecular flexibility index (Phi) is 13.1. The highest BCUT2D eigenvalue weighted by atomic mass is 79.9. The van der Waals surface area contributed by atoms with Crippen LogP contribution in [0.5, 0.6) is 0 Å². The van der Waals surface area contributed by atoms with E-state index in [2.05, 4.69) is 41.3 Å². The molecule has 1 spiro atoms. The second-order valence-corrected chi connectivity index (χ2v) is 14.8. The second kappa shape index (κ2) is 16.6. The SMILES string of the molecule is C=CCCC(=O)N[C@H](C)[C@@H](OC(=O)[C@H]1[C@@H]2O[C@@]3(CC2Br)[C@@H]1C(=O)N([C@@H](CO)C(C)C)[C@@H]3C(=O)N(CC=C)CCCCC)c1ccccc1. The van der Waals surface area contributed by atoms with Crippen molar-refractivity contribution < 1.29 is 33.8 Å². The van der Waals surface area contributed by atoms with Gasteiger partial charge in [-0.15, -0.1) is 13.2 Å². The number of rotatable bonds is 18. The number of allylic oxidation sites excluding steroid dienone is 1. The molecule has 2 bridgehead atoms. The quantitative estimate of drug-likeness (QED) is 0.0971. The van der Waals surface area contributed by atoms with Crippen LogP contribution < -0.4 is 5.32 Å². The third kappa shape index (κ3) is 7.43. The highest BCUT2D eigenvalue weighted by Gasteiger charge is 2.77. The molecule has 9 atom stereocenters. The van der Waals surface area contributed by atoms with Crippen molar-refractivity contribution in [1.29, 1.82) is 0 Å². The first-order valence-corrected chi connectivity index (χ1v) is 18.2. The van der Waals surface area contributed by atoms with E-state index in [1.165, 1.54) is 4.90 Å². The zero-order valence-electron chi connectivity index (χ0n) is 28.7. The minimum absolute atomic E-state index is 0.173. The van der Waals surface area contributed by atoms with E-state index in [1.807, 2.05) is 44.2 Å². The Balaban J connectivity index is 1.72. The lowest BCUT2D eigenvalue weighted by molar-refractivity contribution is -0.162. The van der Waals surface area contributed by atoms with Gasteiger partial charge in [0.2, 0.25) is 17.7 Å². The number of benzene rings is 1. The van der Waals surface area contributed by atoms with E-state index in [0.717, 1.165) is 19.3 Å². The number of nitrogens with one attached hydrogen (secondary N) is 1. The van der Waals surface area contributed by atoms with Gasteiger partial charge in [-0.1, -0.05) is 92.0 Å². The lowest BCUT2D eigenvalue weighted by Gasteiger charge is -2.40. The van der Waals surface area contributed by atoms with Crippen molar-refractivity contribution in [1.82, 2.24) is 15.1 Å². The van der Waals surface area contributed by atoms with Gasteiger partial charge in [-0.3, -0.25) is 19.2 Å². The van der Waals surface area contributed by atoms with E-state index < -0.39 is 53.7 Å². The summed E-state index contributed by atoms with van der Waals surface area (Å²) in [6, 6.07) is 6.89. The van der Waals surface area contributed by atoms with Crippen molar-refractivity contribution in [3.63, 3.8) is 0 Å². The number of esters is 1. The molecule has 0 radical (unpaired) electrons. The molecule has 11 heteroatoms. The van der Waals surface area contributed by atoms with E-state index in [4.69, 9.17) is 9.47 Å². The zero-order valence-corrected chi connectivity index (χ0v) is 30.3. The predicted molar refractivity (Wildman–Crippen MR) is 187 cm³/mol. The number of nitrogens with zero attached hydrogens (tertiary/aromatic N) is 2. The zero-order chi connectivity index (χ0) is 35.2. The van der Waals surface area contributed by atoms with Gasteiger partial charge in [-0.2, -0.15) is 0 Å². The molecule has 2 N–H and O–H groups in total. The van der Waals surface area contributed by atoms with Crippen LogP contribution in [-0.2, 0) is 28.7 Å². The average molecular weight is 731 g/mol. The number of hydrogen-bond donors (Lipinski definition) is 2. The number of fused-ring (bicyclic) bond motifs is 1. The van der Waals surface area contributed by atoms with E-state index in [9.17, 15) is 24.3 Å². The number of likely N-dealkylation sites (tertiary alicyclic amines) is 1. The van der Waals surface area contributed by atoms with E-state index in [0.29, 0.717) is 31.5 Å². The largest absolute Gasteiger partial charge is 0.455 e. The number of carbonyl (C=O) groups excluding carboxylic acids is 4. The normalized spacial score (nSPS) is 27.7. The van der Waals surface area contributed by atoms with Crippen molar-refractivity contribution in [3.05, 3.63) is 61.2 Å². The number of aliphatic hydroxyl groups excluding tert-OH is 1. The fraction of sp³-hybridized carbons (Fsp3) is 0.622. The maximum Gasteiger partial charge on any atom is 0.313 e. The summed E-state index contributed by atoms with van der Waals surface area (Å²) in [6.45, 7) is 15.7. The lowest BCUT2D eigenvalue weighted by atomic mass is 9.70. The molecular weight excluding hydrogens is 678 g/mol. The van der Waals surface area contributed by atoms with Crippen molar-refractivity contribution in [2.75, 3.05) is 19.7 Å². The molecule has 3 saturated heterocycles. The van der Waals surface area contributed by atoms with Gasteiger partial charge in [0.25, 0.3) is 0 Å². The lowest BCUT2D eigenvalue weighted by Crippen LogP contribution is -2.60. The van der Waals surface area contributed by atoms with E-state index in [1.54, 1.807) is 24.0 Å². The monoisotopic (exact) mass is 729 g/mol. The molecule has 3 fully saturated rings. The van der Waals surface area contributed by atoms with Crippen LogP contribution in [0.2, 0.25) is 0 Å². The fourth-order valence-corrected chi connectivity index (χ4v) is 8.65. The van der Waals surface area contributed by atoms with Crippen molar-refractivity contribution in [2.45, 2.75) is 107 Å². The van der Waals surface area contributed by atoms with Crippen LogP contribution in [0.3, 0.4) is 0 Å². The first-order chi connectivity index (χ1) is 23.0. The summed E-state index contributed by atoms with van der Waals surface area (Å²) in [5.41, 5.74) is -0.605. The highest BCUT2D eigenvalue weighted by molar-refractivity contribution is 9.09. The predicted octanol–water partition coefficient (Wildman–Crippen LogP) is 4.71. The Hall–Kier alpha value is -3.02. The number of carbonyl (C=O) groups is 4. The summed E-state index contributed by atoms with van der Waals surface area (Å²) >= 11 is 3.73. The standard InChI is InChI=1S/C37H52BrN3O7/c1-7-10-15-20-40(19-9-3)35(45)33-37-21-26(38)32(48-37)29(30(37)34(44)41(33)27(22-42)23(4)5)36(46)47-31(25-16-13-12-14-17-25)24(6)39-28(43)18-11-8-2/h8-9,12-14,16-17,23-24,26-27,29-33,42H,2-3,7,10-11,15,18-22H2,1,4-6H3,(H,39,43)/t24-,26?,27+,29-,30+,31-,32-,33-,37+/m1/s1. The molecule has 1 aromatic rings. The molecule has 3 heterocycles. The van der Waals surface area contributed by atoms with Gasteiger partial charge in [0.15, 0.2) is 0 Å². The number of amides is 3. The van der Waals surface area contributed by atoms with Gasteiger partial charge in [-0.25, -0.2) is 0 Å². The number of hydrogen-bond acceptors (Lipinski definition) is 7. The molecule has 1 aromatic carbocycles. The van der Waals surface area contributed by atoms with Crippen molar-refractivity contribution in [3.8, 4) is 0 Å². The third-order valence-electron chi connectivity index (χ3n) is 10.0. The Labute approximate surface area is 293 Å². The summed E-state index contributed by atoms with van der Waals surface area (Å²) in [6.07, 6.45) is 5.62. The summed E-state index contributed by atoms with van der Waals surface area (Å²) < 4.78 is 13.0. The molecule has 10 nitrogen and oxygen atoms in total. The molecule has 3 amide bonds. The molecule has 3 aliphatic heterocycles. The van der Waals surface area contributed by atoms with Gasteiger partial charge >= 0.3 is 5.97 Å². The van der Waals surface area contributed by atoms with Crippen molar-refractivity contribution >= 4 is 39.6 Å². The second-order valence-electron chi connectivity index (χ2n) is 13.6. The van der Waals surface area contributed by atoms with Gasteiger partial charge in [-0.05, 0) is 37.7 Å². The maximum atomic E-state index is 14.6. The van der Waals surface area contributed by atoms with Crippen LogP contribution >= 0.6 is 15.9 Å². The number of aliphatic hydroxyl groups is 1. The number of halogens is 1. The molecule has 0 aromatic heterocycles. The van der Waals surface area contributed by atoms with Gasteiger partial charge < -0.3 is 29.7 Å². The first-order valence-electron chi connectivity index (χ1n) is 17.3. The van der Waals surface area contributed by atoms with E-state index in [-0.39, 0.29) is 41.5 Å². The molecular formula is C37H52BrN3O7. The Bertz CT molecular complexity index is 1330. The highest BCUT2D eigenvalue weighted by Crippen LogP contribution is 2.61. The summed E-state index contributed by atoms with van der Waals surface area (Å²) in [4.78, 5) is 59.2. The van der Waals surface area contributed by atoms with Gasteiger partial charge in [0, 0.05) is 24.3 Å². The Morgan fingerprint density at radius 1 is 1.19 bits per heavy atom. The van der Waals surface area contributed by atoms with E-state index >= 15 is 0 Å². The van der Waals surface area contributed by atoms with Crippen molar-refractivity contribution in [2.24, 2.45) is 17.8 Å². The number of alkyl halides is 1. The number of unbranched alkanes of at least 4 members (excludes halogenated alkanes) is 2. The maximum absolute atomic E-state index is 14.6. The van der Waals surface area contributed by atoms with Crippen LogP contribution in [0, 0.1) is 17.8 Å². The van der Waals surface area contributed by atoms with Crippen LogP contribution in [0.25, 0.3) is 0 Å². The molecule has 3 aliphatic rings. The average Bonchev–Trinajstić information content (AvgIpc) is 3.65. The summed E-state index contributed by atoms with van der Waals surface area (Å²) in [7, 11) is 0. The van der Waals surface area contributed by atoms with Crippen LogP contribution in [0.1, 0.15) is 77.9 Å². The molecule has 0 saturated carbocycles. The molecule has 264 valence electrons. The topological polar surface area (TPSA) is 125 Å². The number of ether oxygens (including phenoxy) is 2. The Morgan fingerprint density at radius 2 is 1.90 bits per heavy atom. The fourth-order valence-electron chi connectivity index (χ4n) is 7.71. The summed E-state index contributed by atoms with van der Waals surface area (Å²) in [5, 5.41) is 13.5. The van der Waals surface area contributed by atoms with Crippen LogP contribution in [-0.4, -0.2) is 93.0 Å². The molecule has 1 unspecified atom stereocenters. The molecule has 4 rings (SSSR count). The van der Waals surface area contributed by atoms with Crippen LogP contribution in [0.4, 0.5) is 0 Å². The van der Waals surface area contributed by atoms with Gasteiger partial charge in [0.1, 0.15) is 17.7 Å².